The van der Waals surface area contributed by atoms with E-state index in [4.69, 9.17) is 4.74 Å². The molecule has 0 saturated carbocycles. The Kier molecular flexibility index (Phi) is 2.60. The maximum atomic E-state index is 12.0. The summed E-state index contributed by atoms with van der Waals surface area (Å²) in [4.78, 5) is 0. The van der Waals surface area contributed by atoms with Gasteiger partial charge in [-0.25, -0.2) is 0 Å². The van der Waals surface area contributed by atoms with Crippen molar-refractivity contribution in [1.29, 1.82) is 0 Å². The number of hydrogen-bond acceptors (Lipinski definition) is 2. The van der Waals surface area contributed by atoms with Gasteiger partial charge in [-0.2, -0.15) is 13.2 Å². The number of aliphatic hydroxyl groups is 1. The number of ether oxygens (including phenoxy) is 1. The number of rotatable bonds is 1. The lowest BCUT2D eigenvalue weighted by atomic mass is 9.91. The summed E-state index contributed by atoms with van der Waals surface area (Å²) in [5.74, 6) is -0.824. The van der Waals surface area contributed by atoms with Gasteiger partial charge in [0.1, 0.15) is 0 Å². The number of aliphatic hydroxyl groups excluding tert-OH is 1. The minimum absolute atomic E-state index is 0.0202. The first kappa shape index (κ1) is 10.8. The average Bonchev–Trinajstić information content (AvgIpc) is 2.13. The maximum Gasteiger partial charge on any atom is 0.389 e. The minimum Gasteiger partial charge on any atom is -0.390 e. The number of alkyl halides is 3. The van der Waals surface area contributed by atoms with Gasteiger partial charge in [0.15, 0.2) is 0 Å². The number of hydrogen-bond donors (Lipinski definition) is 1. The molecule has 2 unspecified atom stereocenters. The fourth-order valence-corrected chi connectivity index (χ4v) is 1.53. The molecule has 1 rings (SSSR count). The van der Waals surface area contributed by atoms with Gasteiger partial charge in [0, 0.05) is 5.92 Å². The largest absolute Gasteiger partial charge is 0.390 e. The van der Waals surface area contributed by atoms with Gasteiger partial charge in [-0.15, -0.1) is 0 Å². The second-order valence-electron chi connectivity index (χ2n) is 3.94. The molecule has 0 aromatic heterocycles. The molecule has 1 N–H and O–H groups in total. The third-order valence-electron chi connectivity index (χ3n) is 2.32. The first-order chi connectivity index (χ1) is 5.72. The fourth-order valence-electron chi connectivity index (χ4n) is 1.53. The van der Waals surface area contributed by atoms with E-state index in [1.165, 1.54) is 0 Å². The lowest BCUT2D eigenvalue weighted by molar-refractivity contribution is -0.150. The monoisotopic (exact) mass is 198 g/mol. The molecule has 1 fully saturated rings. The zero-order valence-electron chi connectivity index (χ0n) is 7.56. The van der Waals surface area contributed by atoms with Crippen LogP contribution < -0.4 is 0 Å². The van der Waals surface area contributed by atoms with Gasteiger partial charge in [-0.3, -0.25) is 0 Å². The molecule has 0 aliphatic carbocycles. The van der Waals surface area contributed by atoms with Crippen LogP contribution in [0, 0.1) is 5.92 Å². The van der Waals surface area contributed by atoms with Gasteiger partial charge in [0.25, 0.3) is 0 Å². The van der Waals surface area contributed by atoms with Crippen LogP contribution in [-0.4, -0.2) is 29.6 Å². The first-order valence-electron chi connectivity index (χ1n) is 4.11. The lowest BCUT2D eigenvalue weighted by Gasteiger charge is -2.23. The van der Waals surface area contributed by atoms with E-state index in [0.717, 1.165) is 0 Å². The first-order valence-corrected chi connectivity index (χ1v) is 4.11. The molecule has 13 heavy (non-hydrogen) atoms. The Balaban J connectivity index is 2.56. The SMILES string of the molecule is CC1(C)OCC(CC(F)(F)F)C1O. The molecule has 0 aromatic rings. The van der Waals surface area contributed by atoms with Crippen molar-refractivity contribution in [3.63, 3.8) is 0 Å². The molecule has 0 bridgehead atoms. The van der Waals surface area contributed by atoms with Gasteiger partial charge in [-0.05, 0) is 13.8 Å². The summed E-state index contributed by atoms with van der Waals surface area (Å²) >= 11 is 0. The van der Waals surface area contributed by atoms with E-state index in [2.05, 4.69) is 0 Å². The molecular weight excluding hydrogens is 185 g/mol. The molecule has 0 spiro atoms. The zero-order valence-corrected chi connectivity index (χ0v) is 7.56. The van der Waals surface area contributed by atoms with Crippen molar-refractivity contribution in [1.82, 2.24) is 0 Å². The van der Waals surface area contributed by atoms with Gasteiger partial charge in [0.05, 0.1) is 24.7 Å². The van der Waals surface area contributed by atoms with Crippen LogP contribution in [0.25, 0.3) is 0 Å². The lowest BCUT2D eigenvalue weighted by Crippen LogP contribution is -2.36. The van der Waals surface area contributed by atoms with Crippen LogP contribution in [0.15, 0.2) is 0 Å². The Morgan fingerprint density at radius 2 is 2.00 bits per heavy atom. The smallest absolute Gasteiger partial charge is 0.389 e. The summed E-state index contributed by atoms with van der Waals surface area (Å²) in [7, 11) is 0. The van der Waals surface area contributed by atoms with Crippen LogP contribution in [0.5, 0.6) is 0 Å². The quantitative estimate of drug-likeness (QED) is 0.695. The molecule has 1 heterocycles. The second kappa shape index (κ2) is 3.13. The van der Waals surface area contributed by atoms with E-state index in [1.807, 2.05) is 0 Å². The Hall–Kier alpha value is -0.290. The topological polar surface area (TPSA) is 29.5 Å². The highest BCUT2D eigenvalue weighted by Crippen LogP contribution is 2.36. The molecular formula is C8H13F3O2. The van der Waals surface area contributed by atoms with Crippen molar-refractivity contribution in [3.8, 4) is 0 Å². The van der Waals surface area contributed by atoms with Crippen LogP contribution in [0.2, 0.25) is 0 Å². The van der Waals surface area contributed by atoms with Crippen molar-refractivity contribution >= 4 is 0 Å². The van der Waals surface area contributed by atoms with Crippen molar-refractivity contribution in [2.75, 3.05) is 6.61 Å². The van der Waals surface area contributed by atoms with Gasteiger partial charge < -0.3 is 9.84 Å². The normalized spacial score (nSPS) is 33.7. The maximum absolute atomic E-state index is 12.0. The molecule has 78 valence electrons. The third-order valence-corrected chi connectivity index (χ3v) is 2.32. The van der Waals surface area contributed by atoms with Crippen molar-refractivity contribution < 1.29 is 23.0 Å². The molecule has 1 aliphatic rings. The summed E-state index contributed by atoms with van der Waals surface area (Å²) in [5.41, 5.74) is -0.851. The van der Waals surface area contributed by atoms with Crippen molar-refractivity contribution in [2.45, 2.75) is 38.1 Å². The molecule has 2 atom stereocenters. The molecule has 0 amide bonds. The Labute approximate surface area is 74.7 Å². The van der Waals surface area contributed by atoms with Crippen LogP contribution in [-0.2, 0) is 4.74 Å². The fraction of sp³-hybridized carbons (Fsp3) is 1.00. The van der Waals surface area contributed by atoms with E-state index >= 15 is 0 Å². The third kappa shape index (κ3) is 2.57. The van der Waals surface area contributed by atoms with Crippen LogP contribution in [0.1, 0.15) is 20.3 Å². The standard InChI is InChI=1S/C8H13F3O2/c1-7(2)6(12)5(4-13-7)3-8(9,10)11/h5-6,12H,3-4H2,1-2H3. The van der Waals surface area contributed by atoms with Gasteiger partial charge in [0.2, 0.25) is 0 Å². The van der Waals surface area contributed by atoms with Crippen LogP contribution in [0.3, 0.4) is 0 Å². The minimum atomic E-state index is -4.23. The van der Waals surface area contributed by atoms with E-state index in [0.29, 0.717) is 0 Å². The average molecular weight is 198 g/mol. The van der Waals surface area contributed by atoms with Crippen LogP contribution >= 0.6 is 0 Å². The Bertz CT molecular complexity index is 188. The van der Waals surface area contributed by atoms with E-state index < -0.39 is 30.2 Å². The van der Waals surface area contributed by atoms with E-state index in [-0.39, 0.29) is 6.61 Å². The summed E-state index contributed by atoms with van der Waals surface area (Å²) in [6, 6.07) is 0. The predicted octanol–water partition coefficient (Wildman–Crippen LogP) is 1.72. The van der Waals surface area contributed by atoms with Crippen LogP contribution in [0.4, 0.5) is 13.2 Å². The summed E-state index contributed by atoms with van der Waals surface area (Å²) in [6.07, 6.45) is -6.23. The van der Waals surface area contributed by atoms with Gasteiger partial charge in [-0.1, -0.05) is 0 Å². The molecule has 0 radical (unpaired) electrons. The summed E-state index contributed by atoms with van der Waals surface area (Å²) in [5, 5.41) is 9.46. The van der Waals surface area contributed by atoms with Gasteiger partial charge >= 0.3 is 6.18 Å². The molecule has 2 nitrogen and oxygen atoms in total. The Morgan fingerprint density at radius 1 is 1.46 bits per heavy atom. The molecule has 1 aliphatic heterocycles. The zero-order chi connectivity index (χ0) is 10.3. The summed E-state index contributed by atoms with van der Waals surface area (Å²) < 4.78 is 41.0. The van der Waals surface area contributed by atoms with E-state index in [1.54, 1.807) is 13.8 Å². The van der Waals surface area contributed by atoms with E-state index in [9.17, 15) is 18.3 Å². The molecule has 1 saturated heterocycles. The molecule has 0 aromatic carbocycles. The van der Waals surface area contributed by atoms with Crippen molar-refractivity contribution in [3.05, 3.63) is 0 Å². The highest BCUT2D eigenvalue weighted by atomic mass is 19.4. The second-order valence-corrected chi connectivity index (χ2v) is 3.94. The summed E-state index contributed by atoms with van der Waals surface area (Å²) in [6.45, 7) is 3.16. The Morgan fingerprint density at radius 3 is 2.31 bits per heavy atom. The highest BCUT2D eigenvalue weighted by molar-refractivity contribution is 4.91. The highest BCUT2D eigenvalue weighted by Gasteiger charge is 2.46. The molecule has 5 heteroatoms. The van der Waals surface area contributed by atoms with Crippen molar-refractivity contribution in [2.24, 2.45) is 5.92 Å². The number of halogens is 3. The predicted molar refractivity (Wildman–Crippen MR) is 40.2 cm³/mol.